The summed E-state index contributed by atoms with van der Waals surface area (Å²) in [4.78, 5) is 28.3. The molecule has 1 fully saturated rings. The van der Waals surface area contributed by atoms with E-state index in [4.69, 9.17) is 9.47 Å². The summed E-state index contributed by atoms with van der Waals surface area (Å²) in [7, 11) is 1.37. The van der Waals surface area contributed by atoms with E-state index in [2.05, 4.69) is 29.6 Å². The van der Waals surface area contributed by atoms with Crippen molar-refractivity contribution in [3.05, 3.63) is 51.9 Å². The van der Waals surface area contributed by atoms with Gasteiger partial charge in [-0.15, -0.1) is 11.3 Å². The zero-order valence-electron chi connectivity index (χ0n) is 18.4. The summed E-state index contributed by atoms with van der Waals surface area (Å²) in [6, 6.07) is 10.4. The number of piperidine rings is 1. The highest BCUT2D eigenvalue weighted by atomic mass is 32.1. The van der Waals surface area contributed by atoms with Gasteiger partial charge in [0, 0.05) is 24.4 Å². The highest BCUT2D eigenvalue weighted by Gasteiger charge is 2.35. The van der Waals surface area contributed by atoms with Crippen LogP contribution in [0.25, 0.3) is 0 Å². The lowest BCUT2D eigenvalue weighted by Gasteiger charge is -2.32. The number of carbonyl (C=O) groups is 2. The van der Waals surface area contributed by atoms with Crippen LogP contribution in [0.2, 0.25) is 0 Å². The van der Waals surface area contributed by atoms with Gasteiger partial charge in [-0.05, 0) is 50.2 Å². The lowest BCUT2D eigenvalue weighted by molar-refractivity contribution is -0.0384. The largest absolute Gasteiger partial charge is 0.465 e. The number of rotatable bonds is 4. The number of anilines is 1. The molecule has 1 aromatic heterocycles. The number of hydrogen-bond donors (Lipinski definition) is 1. The van der Waals surface area contributed by atoms with Crippen molar-refractivity contribution < 1.29 is 19.1 Å². The van der Waals surface area contributed by atoms with Crippen LogP contribution in [0.4, 0.5) is 9.80 Å². The molecule has 0 bridgehead atoms. The second-order valence-electron chi connectivity index (χ2n) is 8.97. The second-order valence-corrected chi connectivity index (χ2v) is 10.1. The fraction of sp³-hybridized carbons (Fsp3) is 0.500. The molecule has 0 aliphatic carbocycles. The van der Waals surface area contributed by atoms with Gasteiger partial charge >= 0.3 is 12.0 Å². The molecule has 0 unspecified atom stereocenters. The van der Waals surface area contributed by atoms with E-state index in [1.807, 2.05) is 24.8 Å². The van der Waals surface area contributed by atoms with Crippen molar-refractivity contribution in [1.29, 1.82) is 0 Å². The molecule has 3 heterocycles. The Morgan fingerprint density at radius 2 is 1.94 bits per heavy atom. The average Bonchev–Trinajstić information content (AvgIpc) is 3.10. The highest BCUT2D eigenvalue weighted by Crippen LogP contribution is 2.41. The highest BCUT2D eigenvalue weighted by molar-refractivity contribution is 7.17. The number of nitrogens with zero attached hydrogens (tertiary/aromatic N) is 1. The zero-order chi connectivity index (χ0) is 22.0. The van der Waals surface area contributed by atoms with Crippen LogP contribution in [-0.4, -0.2) is 42.7 Å². The summed E-state index contributed by atoms with van der Waals surface area (Å²) in [6.07, 6.45) is 3.63. The van der Waals surface area contributed by atoms with Crippen molar-refractivity contribution in [2.75, 3.05) is 25.5 Å². The van der Waals surface area contributed by atoms with Crippen molar-refractivity contribution in [3.63, 3.8) is 0 Å². The first-order chi connectivity index (χ1) is 14.9. The van der Waals surface area contributed by atoms with E-state index in [-0.39, 0.29) is 11.6 Å². The Balaban J connectivity index is 1.42. The molecule has 1 N–H and O–H groups in total. The molecule has 7 heteroatoms. The number of amides is 2. The molecule has 0 spiro atoms. The Hall–Kier alpha value is -2.38. The van der Waals surface area contributed by atoms with Crippen LogP contribution < -0.4 is 5.32 Å². The molecular formula is C24H30N2O4S. The second kappa shape index (κ2) is 9.01. The van der Waals surface area contributed by atoms with Crippen molar-refractivity contribution >= 4 is 28.3 Å². The van der Waals surface area contributed by atoms with Gasteiger partial charge in [0.2, 0.25) is 0 Å². The van der Waals surface area contributed by atoms with E-state index in [0.29, 0.717) is 29.5 Å². The maximum absolute atomic E-state index is 13.0. The van der Waals surface area contributed by atoms with E-state index in [9.17, 15) is 9.59 Å². The lowest BCUT2D eigenvalue weighted by atomic mass is 9.90. The van der Waals surface area contributed by atoms with Gasteiger partial charge in [-0.2, -0.15) is 0 Å². The van der Waals surface area contributed by atoms with Gasteiger partial charge in [0.1, 0.15) is 5.00 Å². The van der Waals surface area contributed by atoms with Gasteiger partial charge in [-0.1, -0.05) is 30.3 Å². The number of nitrogens with one attached hydrogen (secondary N) is 1. The van der Waals surface area contributed by atoms with Gasteiger partial charge in [-0.3, -0.25) is 5.32 Å². The number of esters is 1. The fourth-order valence-electron chi connectivity index (χ4n) is 4.42. The number of ether oxygens (including phenoxy) is 2. The van der Waals surface area contributed by atoms with E-state index in [1.165, 1.54) is 24.0 Å². The summed E-state index contributed by atoms with van der Waals surface area (Å²) in [5, 5.41) is 3.56. The maximum atomic E-state index is 13.0. The zero-order valence-corrected chi connectivity index (χ0v) is 19.2. The third-order valence-corrected chi connectivity index (χ3v) is 7.29. The Labute approximate surface area is 187 Å². The summed E-state index contributed by atoms with van der Waals surface area (Å²) in [5.74, 6) is 0.178. The van der Waals surface area contributed by atoms with Crippen LogP contribution in [0.15, 0.2) is 30.3 Å². The van der Waals surface area contributed by atoms with Gasteiger partial charge < -0.3 is 14.4 Å². The van der Waals surface area contributed by atoms with Crippen LogP contribution >= 0.6 is 11.3 Å². The molecule has 2 aliphatic heterocycles. The molecule has 2 aliphatic rings. The van der Waals surface area contributed by atoms with Crippen molar-refractivity contribution in [1.82, 2.24) is 4.90 Å². The maximum Gasteiger partial charge on any atom is 0.341 e. The minimum Gasteiger partial charge on any atom is -0.465 e. The molecule has 2 amide bonds. The van der Waals surface area contributed by atoms with E-state index in [0.717, 1.165) is 42.8 Å². The molecule has 31 heavy (non-hydrogen) atoms. The minimum atomic E-state index is -0.410. The van der Waals surface area contributed by atoms with Crippen molar-refractivity contribution in [2.45, 2.75) is 51.7 Å². The topological polar surface area (TPSA) is 67.9 Å². The Bertz CT molecular complexity index is 946. The van der Waals surface area contributed by atoms with Crippen LogP contribution in [0, 0.1) is 5.92 Å². The Morgan fingerprint density at radius 1 is 1.23 bits per heavy atom. The SMILES string of the molecule is COC(=O)c1c(NC(=O)N2CCC(Cc3ccccc3)CC2)sc2c1CC(C)(C)OC2. The monoisotopic (exact) mass is 442 g/mol. The number of hydrogen-bond acceptors (Lipinski definition) is 5. The van der Waals surface area contributed by atoms with Crippen molar-refractivity contribution in [2.24, 2.45) is 5.92 Å². The predicted molar refractivity (Wildman–Crippen MR) is 122 cm³/mol. The van der Waals surface area contributed by atoms with Crippen LogP contribution in [-0.2, 0) is 28.9 Å². The van der Waals surface area contributed by atoms with Gasteiger partial charge in [0.05, 0.1) is 24.9 Å². The molecule has 166 valence electrons. The van der Waals surface area contributed by atoms with Crippen LogP contribution in [0.1, 0.15) is 53.1 Å². The van der Waals surface area contributed by atoms with E-state index < -0.39 is 5.97 Å². The summed E-state index contributed by atoms with van der Waals surface area (Å²) in [6.45, 7) is 5.90. The first kappa shape index (κ1) is 21.8. The number of benzene rings is 1. The quantitative estimate of drug-likeness (QED) is 0.686. The van der Waals surface area contributed by atoms with Gasteiger partial charge in [0.25, 0.3) is 0 Å². The predicted octanol–water partition coefficient (Wildman–Crippen LogP) is 4.87. The molecule has 0 atom stereocenters. The fourth-order valence-corrected chi connectivity index (χ4v) is 5.53. The first-order valence-electron chi connectivity index (χ1n) is 10.8. The molecule has 2 aromatic rings. The average molecular weight is 443 g/mol. The normalized spacial score (nSPS) is 18.4. The number of thiophene rings is 1. The molecule has 1 saturated heterocycles. The number of carbonyl (C=O) groups excluding carboxylic acids is 2. The smallest absolute Gasteiger partial charge is 0.341 e. The minimum absolute atomic E-state index is 0.151. The number of methoxy groups -OCH3 is 1. The molecular weight excluding hydrogens is 412 g/mol. The Kier molecular flexibility index (Phi) is 6.34. The molecule has 0 radical (unpaired) electrons. The third-order valence-electron chi connectivity index (χ3n) is 6.17. The van der Waals surface area contributed by atoms with E-state index >= 15 is 0 Å². The number of urea groups is 1. The standard InChI is InChI=1S/C24H30N2O4S/c1-24(2)14-18-19(15-30-24)31-21(20(18)22(27)29-3)25-23(28)26-11-9-17(10-12-26)13-16-7-5-4-6-8-16/h4-8,17H,9-15H2,1-3H3,(H,25,28). The first-order valence-corrected chi connectivity index (χ1v) is 11.6. The Morgan fingerprint density at radius 3 is 2.61 bits per heavy atom. The summed E-state index contributed by atoms with van der Waals surface area (Å²) in [5.41, 5.74) is 2.41. The van der Waals surface area contributed by atoms with Crippen LogP contribution in [0.5, 0.6) is 0 Å². The molecule has 6 nitrogen and oxygen atoms in total. The lowest BCUT2D eigenvalue weighted by Crippen LogP contribution is -2.41. The van der Waals surface area contributed by atoms with Crippen LogP contribution in [0.3, 0.4) is 0 Å². The van der Waals surface area contributed by atoms with E-state index in [1.54, 1.807) is 0 Å². The van der Waals surface area contributed by atoms with Gasteiger partial charge in [0.15, 0.2) is 0 Å². The number of likely N-dealkylation sites (tertiary alicyclic amines) is 1. The number of fused-ring (bicyclic) bond motifs is 1. The molecule has 4 rings (SSSR count). The van der Waals surface area contributed by atoms with Crippen molar-refractivity contribution in [3.8, 4) is 0 Å². The molecule has 0 saturated carbocycles. The summed E-state index contributed by atoms with van der Waals surface area (Å²) >= 11 is 1.42. The molecule has 1 aromatic carbocycles. The third kappa shape index (κ3) is 4.93. The summed E-state index contributed by atoms with van der Waals surface area (Å²) < 4.78 is 10.9. The van der Waals surface area contributed by atoms with Gasteiger partial charge in [-0.25, -0.2) is 9.59 Å².